The second kappa shape index (κ2) is 6.43. The molecule has 1 aromatic carbocycles. The first-order valence-corrected chi connectivity index (χ1v) is 9.56. The molecule has 2 fully saturated rings. The number of hydrogen-bond donors (Lipinski definition) is 1. The first-order valence-electron chi connectivity index (χ1n) is 6.56. The molecule has 3 rings (SSSR count). The van der Waals surface area contributed by atoms with Crippen molar-refractivity contribution in [1.82, 2.24) is 8.61 Å². The van der Waals surface area contributed by atoms with E-state index in [9.17, 15) is 21.6 Å². The molecule has 0 saturated carbocycles. The zero-order chi connectivity index (χ0) is 16.1. The van der Waals surface area contributed by atoms with Crippen LogP contribution in [0.1, 0.15) is 13.4 Å². The molecule has 1 aromatic rings. The molecule has 0 radical (unpaired) electrons. The van der Waals surface area contributed by atoms with Crippen molar-refractivity contribution in [2.45, 2.75) is 24.3 Å². The quantitative estimate of drug-likeness (QED) is 0.338. The molecule has 2 saturated heterocycles. The summed E-state index contributed by atoms with van der Waals surface area (Å²) in [5.41, 5.74) is 0.587. The van der Waals surface area contributed by atoms with Gasteiger partial charge in [-0.3, -0.25) is 9.35 Å². The van der Waals surface area contributed by atoms with Gasteiger partial charge in [-0.25, -0.2) is 12.7 Å². The van der Waals surface area contributed by atoms with Gasteiger partial charge < -0.3 is 1.43 Å². The summed E-state index contributed by atoms with van der Waals surface area (Å²) >= 11 is 0. The van der Waals surface area contributed by atoms with E-state index in [0.717, 1.165) is 4.31 Å². The predicted molar refractivity (Wildman–Crippen MR) is 77.5 cm³/mol. The minimum absolute atomic E-state index is 0. The summed E-state index contributed by atoms with van der Waals surface area (Å²) in [5.74, 6) is -1.16. The number of rotatable bonds is 4. The molecular weight excluding hydrogens is 355 g/mol. The Hall–Kier alpha value is -0.490. The van der Waals surface area contributed by atoms with Crippen molar-refractivity contribution in [1.29, 1.82) is 0 Å². The SMILES string of the molecule is O=C1[C@@H]2[C@@H](CCN2S(=O)(=O)Cc2ccccc2)N1S(=O)(=O)O.[H-].[Na+]. The topological polar surface area (TPSA) is 112 Å². The van der Waals surface area contributed by atoms with Crippen LogP contribution in [0.4, 0.5) is 0 Å². The van der Waals surface area contributed by atoms with E-state index in [-0.39, 0.29) is 49.7 Å². The van der Waals surface area contributed by atoms with Gasteiger partial charge in [-0.05, 0) is 12.0 Å². The van der Waals surface area contributed by atoms with Crippen LogP contribution in [0.3, 0.4) is 0 Å². The number of carbonyl (C=O) groups excluding carboxylic acids is 1. The Balaban J connectivity index is 0.00000144. The summed E-state index contributed by atoms with van der Waals surface area (Å²) in [6.07, 6.45) is 0.185. The number of fused-ring (bicyclic) bond motifs is 1. The van der Waals surface area contributed by atoms with Crippen molar-refractivity contribution in [3.63, 3.8) is 0 Å². The van der Waals surface area contributed by atoms with Gasteiger partial charge in [-0.15, -0.1) is 0 Å². The summed E-state index contributed by atoms with van der Waals surface area (Å²) in [6.45, 7) is 0.0578. The molecule has 11 heteroatoms. The predicted octanol–water partition coefficient (Wildman–Crippen LogP) is -3.28. The largest absolute Gasteiger partial charge is 1.00 e. The van der Waals surface area contributed by atoms with E-state index >= 15 is 0 Å². The van der Waals surface area contributed by atoms with E-state index < -0.39 is 38.3 Å². The summed E-state index contributed by atoms with van der Waals surface area (Å²) in [6, 6.07) is 6.68. The average molecular weight is 370 g/mol. The first kappa shape index (κ1) is 18.8. The van der Waals surface area contributed by atoms with Crippen LogP contribution in [-0.2, 0) is 30.9 Å². The van der Waals surface area contributed by atoms with Crippen molar-refractivity contribution in [3.05, 3.63) is 35.9 Å². The minimum atomic E-state index is -4.63. The van der Waals surface area contributed by atoms with Crippen LogP contribution < -0.4 is 29.6 Å². The van der Waals surface area contributed by atoms with Gasteiger partial charge in [-0.2, -0.15) is 12.7 Å². The third kappa shape index (κ3) is 3.34. The normalized spacial score (nSPS) is 24.7. The Morgan fingerprint density at radius 1 is 1.17 bits per heavy atom. The maximum atomic E-state index is 12.4. The molecule has 0 bridgehead atoms. The van der Waals surface area contributed by atoms with Gasteiger partial charge in [0.05, 0.1) is 11.8 Å². The fraction of sp³-hybridized carbons (Fsp3) is 0.417. The number of nitrogens with zero attached hydrogens (tertiary/aromatic N) is 2. The molecule has 2 heterocycles. The monoisotopic (exact) mass is 370 g/mol. The molecular formula is C12H15N2NaO6S2. The maximum Gasteiger partial charge on any atom is 1.00 e. The molecule has 1 amide bonds. The number of amides is 1. The number of carbonyl (C=O) groups is 1. The molecule has 0 aromatic heterocycles. The van der Waals surface area contributed by atoms with Crippen molar-refractivity contribution in [3.8, 4) is 0 Å². The van der Waals surface area contributed by atoms with Crippen LogP contribution >= 0.6 is 0 Å². The Morgan fingerprint density at radius 3 is 2.35 bits per heavy atom. The van der Waals surface area contributed by atoms with Crippen molar-refractivity contribution >= 4 is 26.2 Å². The minimum Gasteiger partial charge on any atom is -1.00 e. The number of β-lactam (4-membered cyclic amide) rings is 1. The van der Waals surface area contributed by atoms with Gasteiger partial charge in [0.2, 0.25) is 10.0 Å². The van der Waals surface area contributed by atoms with E-state index in [2.05, 4.69) is 0 Å². The standard InChI is InChI=1S/C12H14N2O6S2.Na.H/c15-12-11-10(14(12)22(18,19)20)6-7-13(11)21(16,17)8-9-4-2-1-3-5-9;;/h1-5,10-11H,6-8H2,(H,18,19,20);;/q;+1;-1/t10-,11+;;/m1../s1. The molecule has 8 nitrogen and oxygen atoms in total. The first-order chi connectivity index (χ1) is 10.2. The second-order valence-corrected chi connectivity index (χ2v) is 8.48. The molecule has 0 unspecified atom stereocenters. The van der Waals surface area contributed by atoms with Crippen LogP contribution in [0.15, 0.2) is 30.3 Å². The summed E-state index contributed by atoms with van der Waals surface area (Å²) in [5, 5.41) is 0. The summed E-state index contributed by atoms with van der Waals surface area (Å²) < 4.78 is 57.5. The maximum absolute atomic E-state index is 12.4. The van der Waals surface area contributed by atoms with Gasteiger partial charge in [0, 0.05) is 6.54 Å². The van der Waals surface area contributed by atoms with Crippen molar-refractivity contribution in [2.75, 3.05) is 6.54 Å². The van der Waals surface area contributed by atoms with Crippen LogP contribution in [0, 0.1) is 0 Å². The van der Waals surface area contributed by atoms with E-state index in [0.29, 0.717) is 9.87 Å². The fourth-order valence-corrected chi connectivity index (χ4v) is 5.60. The van der Waals surface area contributed by atoms with E-state index in [1.807, 2.05) is 0 Å². The van der Waals surface area contributed by atoms with Crippen LogP contribution in [0.25, 0.3) is 0 Å². The van der Waals surface area contributed by atoms with Gasteiger partial charge in [0.1, 0.15) is 6.04 Å². The summed E-state index contributed by atoms with van der Waals surface area (Å²) in [7, 11) is -8.37. The van der Waals surface area contributed by atoms with Gasteiger partial charge in [0.25, 0.3) is 5.91 Å². The number of sulfonamides is 1. The molecule has 2 aliphatic rings. The summed E-state index contributed by atoms with van der Waals surface area (Å²) in [4.78, 5) is 11.9. The molecule has 0 aliphatic carbocycles. The van der Waals surface area contributed by atoms with Gasteiger partial charge in [0.15, 0.2) is 0 Å². The Bertz CT molecular complexity index is 817. The van der Waals surface area contributed by atoms with E-state index in [1.54, 1.807) is 30.3 Å². The van der Waals surface area contributed by atoms with E-state index in [1.165, 1.54) is 0 Å². The second-order valence-electron chi connectivity index (χ2n) is 5.27. The Labute approximate surface area is 158 Å². The van der Waals surface area contributed by atoms with Crippen LogP contribution in [0.2, 0.25) is 0 Å². The molecule has 2 aliphatic heterocycles. The molecule has 1 N–H and O–H groups in total. The fourth-order valence-electron chi connectivity index (χ4n) is 2.96. The molecule has 23 heavy (non-hydrogen) atoms. The van der Waals surface area contributed by atoms with Gasteiger partial charge >= 0.3 is 39.9 Å². The Morgan fingerprint density at radius 2 is 1.78 bits per heavy atom. The smallest absolute Gasteiger partial charge is 1.00 e. The third-order valence-electron chi connectivity index (χ3n) is 3.89. The molecule has 2 atom stereocenters. The van der Waals surface area contributed by atoms with E-state index in [4.69, 9.17) is 4.55 Å². The zero-order valence-corrected chi connectivity index (χ0v) is 16.0. The zero-order valence-electron chi connectivity index (χ0n) is 13.4. The Kier molecular flexibility index (Phi) is 5.27. The van der Waals surface area contributed by atoms with Crippen molar-refractivity contribution < 1.29 is 57.2 Å². The number of benzene rings is 1. The number of hydrogen-bond acceptors (Lipinski definition) is 5. The van der Waals surface area contributed by atoms with Gasteiger partial charge in [-0.1, -0.05) is 30.3 Å². The van der Waals surface area contributed by atoms with Crippen molar-refractivity contribution in [2.24, 2.45) is 0 Å². The van der Waals surface area contributed by atoms with Crippen LogP contribution in [-0.4, -0.2) is 54.5 Å². The average Bonchev–Trinajstić information content (AvgIpc) is 2.77. The third-order valence-corrected chi connectivity index (χ3v) is 6.66. The molecule has 122 valence electrons. The van der Waals surface area contributed by atoms with Crippen LogP contribution in [0.5, 0.6) is 0 Å². The molecule has 0 spiro atoms.